The minimum absolute atomic E-state index is 0.248. The fraction of sp³-hybridized carbons (Fsp3) is 0.636. The highest BCUT2D eigenvalue weighted by Crippen LogP contribution is 2.47. The van der Waals surface area contributed by atoms with Crippen LogP contribution in [0.25, 0.3) is 0 Å². The molecule has 0 atom stereocenters. The first-order chi connectivity index (χ1) is 13.2. The number of hydrogen-bond donors (Lipinski definition) is 0. The lowest BCUT2D eigenvalue weighted by atomic mass is 9.76. The summed E-state index contributed by atoms with van der Waals surface area (Å²) in [6.07, 6.45) is 10.8. The Bertz CT molecular complexity index is 731. The molecule has 2 fully saturated rings. The van der Waals surface area contributed by atoms with Gasteiger partial charge in [0.15, 0.2) is 11.5 Å². The van der Waals surface area contributed by atoms with Crippen LogP contribution in [0.3, 0.4) is 0 Å². The second kappa shape index (κ2) is 7.53. The zero-order valence-electron chi connectivity index (χ0n) is 16.5. The summed E-state index contributed by atoms with van der Waals surface area (Å²) in [5, 5.41) is 6.79. The molecule has 1 amide bonds. The van der Waals surface area contributed by atoms with E-state index in [1.807, 2.05) is 23.2 Å². The number of benzene rings is 1. The van der Waals surface area contributed by atoms with Crippen molar-refractivity contribution in [2.45, 2.75) is 70.3 Å². The van der Waals surface area contributed by atoms with E-state index < -0.39 is 0 Å². The summed E-state index contributed by atoms with van der Waals surface area (Å²) in [6.45, 7) is 0. The van der Waals surface area contributed by atoms with Crippen LogP contribution in [-0.2, 0) is 4.79 Å². The Hall–Kier alpha value is -2.04. The van der Waals surface area contributed by atoms with Crippen molar-refractivity contribution < 1.29 is 14.3 Å². The van der Waals surface area contributed by atoms with Gasteiger partial charge in [0.05, 0.1) is 31.4 Å². The molecule has 2 saturated carbocycles. The maximum Gasteiger partial charge on any atom is 0.249 e. The van der Waals surface area contributed by atoms with Crippen LogP contribution in [0.15, 0.2) is 23.3 Å². The van der Waals surface area contributed by atoms with Crippen LogP contribution in [0.5, 0.6) is 11.5 Å². The molecular formula is C22H30N2O3. The minimum atomic E-state index is -0.248. The average molecular weight is 370 g/mol. The molecule has 0 saturated heterocycles. The van der Waals surface area contributed by atoms with Gasteiger partial charge in [0.2, 0.25) is 5.91 Å². The molecule has 1 heterocycles. The molecule has 0 radical (unpaired) electrons. The van der Waals surface area contributed by atoms with Crippen molar-refractivity contribution in [3.63, 3.8) is 0 Å². The Kier molecular flexibility index (Phi) is 5.11. The van der Waals surface area contributed by atoms with E-state index in [9.17, 15) is 4.79 Å². The quantitative estimate of drug-likeness (QED) is 0.782. The van der Waals surface area contributed by atoms with Gasteiger partial charge in [0.25, 0.3) is 0 Å². The first-order valence-electron chi connectivity index (χ1n) is 10.3. The average Bonchev–Trinajstić information content (AvgIpc) is 3.19. The van der Waals surface area contributed by atoms with Gasteiger partial charge in [-0.3, -0.25) is 4.79 Å². The number of hydrogen-bond acceptors (Lipinski definition) is 4. The van der Waals surface area contributed by atoms with Crippen molar-refractivity contribution in [2.75, 3.05) is 14.2 Å². The van der Waals surface area contributed by atoms with Gasteiger partial charge in [0.1, 0.15) is 0 Å². The summed E-state index contributed by atoms with van der Waals surface area (Å²) < 4.78 is 10.9. The predicted molar refractivity (Wildman–Crippen MR) is 105 cm³/mol. The largest absolute Gasteiger partial charge is 0.493 e. The lowest BCUT2D eigenvalue weighted by molar-refractivity contribution is -0.146. The molecule has 1 aromatic rings. The van der Waals surface area contributed by atoms with E-state index in [2.05, 4.69) is 0 Å². The lowest BCUT2D eigenvalue weighted by Crippen LogP contribution is -2.50. The summed E-state index contributed by atoms with van der Waals surface area (Å²) in [4.78, 5) is 13.4. The van der Waals surface area contributed by atoms with E-state index >= 15 is 0 Å². The number of hydrazone groups is 1. The number of ether oxygens (including phenoxy) is 2. The Morgan fingerprint density at radius 2 is 1.70 bits per heavy atom. The van der Waals surface area contributed by atoms with Gasteiger partial charge in [-0.15, -0.1) is 0 Å². The monoisotopic (exact) mass is 370 g/mol. The van der Waals surface area contributed by atoms with Crippen molar-refractivity contribution >= 4 is 11.6 Å². The Balaban J connectivity index is 1.72. The summed E-state index contributed by atoms with van der Waals surface area (Å²) in [5.74, 6) is 1.70. The standard InChI is InChI=1S/C22H30N2O3/c1-26-19-11-10-16(14-20(19)27-2)18-15-22(12-6-7-13-22)21(25)24(23-18)17-8-4-3-5-9-17/h10-11,14,17H,3-9,12-13,15H2,1-2H3. The van der Waals surface area contributed by atoms with E-state index in [0.717, 1.165) is 56.2 Å². The molecule has 1 spiro atoms. The molecular weight excluding hydrogens is 340 g/mol. The second-order valence-electron chi connectivity index (χ2n) is 8.22. The third-order valence-electron chi connectivity index (χ3n) is 6.59. The SMILES string of the molecule is COc1ccc(C2=NN(C3CCCCC3)C(=O)C3(CCCC3)C2)cc1OC. The third kappa shape index (κ3) is 3.32. The van der Waals surface area contributed by atoms with E-state index in [1.165, 1.54) is 19.3 Å². The van der Waals surface area contributed by atoms with E-state index in [4.69, 9.17) is 14.6 Å². The Morgan fingerprint density at radius 3 is 2.37 bits per heavy atom. The number of carbonyl (C=O) groups is 1. The van der Waals surface area contributed by atoms with Gasteiger partial charge < -0.3 is 9.47 Å². The zero-order valence-corrected chi connectivity index (χ0v) is 16.5. The van der Waals surface area contributed by atoms with Crippen LogP contribution in [-0.4, -0.2) is 36.9 Å². The molecule has 0 unspecified atom stereocenters. The van der Waals surface area contributed by atoms with Crippen LogP contribution >= 0.6 is 0 Å². The van der Waals surface area contributed by atoms with Crippen LogP contribution in [0.2, 0.25) is 0 Å². The first kappa shape index (κ1) is 18.3. The molecule has 4 rings (SSSR count). The molecule has 0 bridgehead atoms. The fourth-order valence-electron chi connectivity index (χ4n) is 5.04. The van der Waals surface area contributed by atoms with Gasteiger partial charge in [-0.2, -0.15) is 5.10 Å². The maximum atomic E-state index is 13.4. The molecule has 0 N–H and O–H groups in total. The summed E-state index contributed by atoms with van der Waals surface area (Å²) in [5.41, 5.74) is 1.80. The summed E-state index contributed by atoms with van der Waals surface area (Å²) in [7, 11) is 3.30. The fourth-order valence-corrected chi connectivity index (χ4v) is 5.04. The van der Waals surface area contributed by atoms with E-state index in [-0.39, 0.29) is 17.4 Å². The minimum Gasteiger partial charge on any atom is -0.493 e. The van der Waals surface area contributed by atoms with Crippen molar-refractivity contribution in [3.05, 3.63) is 23.8 Å². The van der Waals surface area contributed by atoms with Crippen molar-refractivity contribution in [2.24, 2.45) is 10.5 Å². The van der Waals surface area contributed by atoms with E-state index in [1.54, 1.807) is 14.2 Å². The molecule has 1 aliphatic heterocycles. The van der Waals surface area contributed by atoms with Crippen molar-refractivity contribution in [1.29, 1.82) is 0 Å². The molecule has 146 valence electrons. The highest BCUT2D eigenvalue weighted by molar-refractivity contribution is 6.06. The van der Waals surface area contributed by atoms with Crippen LogP contribution in [0.4, 0.5) is 0 Å². The molecule has 3 aliphatic rings. The van der Waals surface area contributed by atoms with Crippen LogP contribution in [0.1, 0.15) is 69.8 Å². The van der Waals surface area contributed by atoms with Crippen molar-refractivity contribution in [3.8, 4) is 11.5 Å². The molecule has 0 aromatic heterocycles. The van der Waals surface area contributed by atoms with E-state index in [0.29, 0.717) is 11.5 Å². The lowest BCUT2D eigenvalue weighted by Gasteiger charge is -2.41. The Labute approximate surface area is 161 Å². The van der Waals surface area contributed by atoms with Crippen LogP contribution < -0.4 is 9.47 Å². The highest BCUT2D eigenvalue weighted by Gasteiger charge is 2.48. The number of carbonyl (C=O) groups excluding carboxylic acids is 1. The summed E-state index contributed by atoms with van der Waals surface area (Å²) in [6, 6.07) is 6.23. The second-order valence-corrected chi connectivity index (χ2v) is 8.22. The predicted octanol–water partition coefficient (Wildman–Crippen LogP) is 4.53. The molecule has 1 aromatic carbocycles. The number of amides is 1. The summed E-state index contributed by atoms with van der Waals surface area (Å²) >= 11 is 0. The number of rotatable bonds is 4. The normalized spacial score (nSPS) is 22.8. The molecule has 27 heavy (non-hydrogen) atoms. The topological polar surface area (TPSA) is 51.1 Å². The first-order valence-corrected chi connectivity index (χ1v) is 10.3. The Morgan fingerprint density at radius 1 is 1.00 bits per heavy atom. The molecule has 2 aliphatic carbocycles. The molecule has 5 heteroatoms. The zero-order chi connectivity index (χ0) is 18.9. The van der Waals surface area contributed by atoms with Crippen molar-refractivity contribution in [1.82, 2.24) is 5.01 Å². The smallest absolute Gasteiger partial charge is 0.249 e. The maximum absolute atomic E-state index is 13.4. The molecule has 5 nitrogen and oxygen atoms in total. The van der Waals surface area contributed by atoms with Gasteiger partial charge in [-0.05, 0) is 43.9 Å². The number of methoxy groups -OCH3 is 2. The van der Waals surface area contributed by atoms with Gasteiger partial charge in [-0.1, -0.05) is 32.1 Å². The third-order valence-corrected chi connectivity index (χ3v) is 6.59. The van der Waals surface area contributed by atoms with Gasteiger partial charge >= 0.3 is 0 Å². The van der Waals surface area contributed by atoms with Gasteiger partial charge in [0, 0.05) is 12.0 Å². The highest BCUT2D eigenvalue weighted by atomic mass is 16.5. The van der Waals surface area contributed by atoms with Crippen LogP contribution in [0, 0.1) is 5.41 Å². The number of nitrogens with zero attached hydrogens (tertiary/aromatic N) is 2. The van der Waals surface area contributed by atoms with Gasteiger partial charge in [-0.25, -0.2) is 5.01 Å².